The number of fused-ring (bicyclic) bond motifs is 1. The van der Waals surface area contributed by atoms with Crippen LogP contribution in [-0.4, -0.2) is 36.8 Å². The summed E-state index contributed by atoms with van der Waals surface area (Å²) in [5.41, 5.74) is 0. The van der Waals surface area contributed by atoms with Gasteiger partial charge in [-0.25, -0.2) is 0 Å². The van der Waals surface area contributed by atoms with E-state index in [1.165, 1.54) is 10.8 Å². The molecule has 0 nitrogen and oxygen atoms in total. The Morgan fingerprint density at radius 2 is 0.889 bits per heavy atom. The predicted molar refractivity (Wildman–Crippen MR) is 89.9 cm³/mol. The molecule has 0 spiro atoms. The fourth-order valence-electron chi connectivity index (χ4n) is 2.18. The third-order valence-electron chi connectivity index (χ3n) is 3.57. The van der Waals surface area contributed by atoms with Crippen molar-refractivity contribution in [3.8, 4) is 0 Å². The Morgan fingerprint density at radius 3 is 1.17 bits per heavy atom. The summed E-state index contributed by atoms with van der Waals surface area (Å²) >= 11 is -3.83. The molecular formula is C16H24Sn2. The second kappa shape index (κ2) is 5.01. The van der Waals surface area contributed by atoms with Gasteiger partial charge in [0.25, 0.3) is 0 Å². The molecule has 0 aliphatic rings. The van der Waals surface area contributed by atoms with Gasteiger partial charge in [0, 0.05) is 0 Å². The molecule has 0 aliphatic heterocycles. The van der Waals surface area contributed by atoms with Gasteiger partial charge >= 0.3 is 121 Å². The minimum absolute atomic E-state index is 1.43. The van der Waals surface area contributed by atoms with Crippen LogP contribution in [0.4, 0.5) is 0 Å². The van der Waals surface area contributed by atoms with Gasteiger partial charge in [0.2, 0.25) is 0 Å². The molecule has 18 heavy (non-hydrogen) atoms. The zero-order chi connectivity index (χ0) is 13.6. The molecule has 0 heterocycles. The van der Waals surface area contributed by atoms with E-state index in [1.807, 2.05) is 0 Å². The van der Waals surface area contributed by atoms with Gasteiger partial charge < -0.3 is 0 Å². The van der Waals surface area contributed by atoms with E-state index in [-0.39, 0.29) is 0 Å². The van der Waals surface area contributed by atoms with Crippen LogP contribution in [0.2, 0.25) is 29.6 Å². The Bertz CT molecular complexity index is 518. The van der Waals surface area contributed by atoms with Crippen LogP contribution in [0.25, 0.3) is 10.8 Å². The van der Waals surface area contributed by atoms with Crippen LogP contribution in [0.15, 0.2) is 36.4 Å². The molecule has 0 saturated heterocycles. The Balaban J connectivity index is 2.56. The van der Waals surface area contributed by atoms with Crippen molar-refractivity contribution in [2.45, 2.75) is 29.6 Å². The predicted octanol–water partition coefficient (Wildman–Crippen LogP) is 3.93. The first-order valence-corrected chi connectivity index (χ1v) is 26.7. The fraction of sp³-hybridized carbons (Fsp3) is 0.375. The molecule has 2 aromatic carbocycles. The van der Waals surface area contributed by atoms with Crippen LogP contribution < -0.4 is 7.16 Å². The van der Waals surface area contributed by atoms with Gasteiger partial charge in [-0.05, 0) is 0 Å². The minimum atomic E-state index is -1.91. The second-order valence-electron chi connectivity index (χ2n) is 7.28. The van der Waals surface area contributed by atoms with Crippen molar-refractivity contribution in [3.63, 3.8) is 0 Å². The summed E-state index contributed by atoms with van der Waals surface area (Å²) in [6.45, 7) is 0. The first-order chi connectivity index (χ1) is 8.18. The molecular weight excluding hydrogens is 430 g/mol. The summed E-state index contributed by atoms with van der Waals surface area (Å²) in [5, 5.41) is 2.86. The van der Waals surface area contributed by atoms with Gasteiger partial charge in [0.1, 0.15) is 0 Å². The average Bonchev–Trinajstić information content (AvgIpc) is 2.25. The SMILES string of the molecule is [CH3][Sn]([CH3])([CH3])[c]1ccc2c[c]([Sn]([CH3])([CH3])[CH3])ccc2c1. The van der Waals surface area contributed by atoms with Crippen LogP contribution in [0.5, 0.6) is 0 Å². The molecule has 2 aromatic rings. The van der Waals surface area contributed by atoms with Crippen molar-refractivity contribution >= 4 is 54.7 Å². The van der Waals surface area contributed by atoms with Gasteiger partial charge in [0.15, 0.2) is 0 Å². The topological polar surface area (TPSA) is 0 Å². The monoisotopic (exact) mass is 456 g/mol. The molecule has 0 saturated carbocycles. The maximum atomic E-state index is 2.48. The molecule has 0 unspecified atom stereocenters. The van der Waals surface area contributed by atoms with E-state index in [2.05, 4.69) is 66.0 Å². The number of benzene rings is 2. The molecule has 0 aliphatic carbocycles. The quantitative estimate of drug-likeness (QED) is 0.605. The van der Waals surface area contributed by atoms with Gasteiger partial charge in [0.05, 0.1) is 0 Å². The summed E-state index contributed by atoms with van der Waals surface area (Å²) in [7, 11) is 0. The van der Waals surface area contributed by atoms with Crippen molar-refractivity contribution in [2.75, 3.05) is 0 Å². The van der Waals surface area contributed by atoms with E-state index in [9.17, 15) is 0 Å². The van der Waals surface area contributed by atoms with Crippen molar-refractivity contribution < 1.29 is 0 Å². The summed E-state index contributed by atoms with van der Waals surface area (Å²) in [6.07, 6.45) is 0. The van der Waals surface area contributed by atoms with E-state index < -0.39 is 36.8 Å². The zero-order valence-electron chi connectivity index (χ0n) is 12.5. The van der Waals surface area contributed by atoms with E-state index in [0.29, 0.717) is 0 Å². The first kappa shape index (κ1) is 14.7. The van der Waals surface area contributed by atoms with E-state index in [1.54, 1.807) is 7.16 Å². The molecule has 2 heteroatoms. The number of hydrogen-bond donors (Lipinski definition) is 0. The van der Waals surface area contributed by atoms with Crippen LogP contribution in [0.3, 0.4) is 0 Å². The van der Waals surface area contributed by atoms with Crippen LogP contribution in [-0.2, 0) is 0 Å². The number of rotatable bonds is 2. The summed E-state index contributed by atoms with van der Waals surface area (Å²) < 4.78 is 3.26. The molecule has 0 amide bonds. The van der Waals surface area contributed by atoms with Crippen LogP contribution in [0.1, 0.15) is 0 Å². The molecule has 0 atom stereocenters. The standard InChI is InChI=1S/C10H6.6CH3.2Sn/c1-2-6-10-8-4-3-7-9(10)5-1;;;;;;;;/h1,4-8H;6*1H3;;. The van der Waals surface area contributed by atoms with Crippen molar-refractivity contribution in [1.82, 2.24) is 0 Å². The van der Waals surface area contributed by atoms with Gasteiger partial charge in [-0.3, -0.25) is 0 Å². The molecule has 96 valence electrons. The van der Waals surface area contributed by atoms with Gasteiger partial charge in [-0.2, -0.15) is 0 Å². The molecule has 2 rings (SSSR count). The fourth-order valence-corrected chi connectivity index (χ4v) is 8.87. The second-order valence-corrected chi connectivity index (χ2v) is 36.3. The first-order valence-electron chi connectivity index (χ1n) is 6.73. The van der Waals surface area contributed by atoms with Crippen molar-refractivity contribution in [2.24, 2.45) is 0 Å². The van der Waals surface area contributed by atoms with Crippen molar-refractivity contribution in [3.05, 3.63) is 36.4 Å². The van der Waals surface area contributed by atoms with Gasteiger partial charge in [-0.1, -0.05) is 0 Å². The zero-order valence-corrected chi connectivity index (χ0v) is 18.2. The summed E-state index contributed by atoms with van der Waals surface area (Å²) in [5.74, 6) is 0. The third-order valence-corrected chi connectivity index (χ3v) is 15.2. The summed E-state index contributed by atoms with van der Waals surface area (Å²) in [6, 6.07) is 14.3. The Hall–Kier alpha value is 0.297. The summed E-state index contributed by atoms with van der Waals surface area (Å²) in [4.78, 5) is 14.9. The Morgan fingerprint density at radius 1 is 0.556 bits per heavy atom. The molecule has 0 bridgehead atoms. The molecule has 0 fully saturated rings. The molecule has 0 aromatic heterocycles. The number of hydrogen-bond acceptors (Lipinski definition) is 0. The van der Waals surface area contributed by atoms with E-state index in [0.717, 1.165) is 0 Å². The Kier molecular flexibility index (Phi) is 4.09. The Labute approximate surface area is 120 Å². The van der Waals surface area contributed by atoms with Crippen LogP contribution >= 0.6 is 0 Å². The van der Waals surface area contributed by atoms with E-state index in [4.69, 9.17) is 0 Å². The molecule has 0 N–H and O–H groups in total. The average molecular weight is 454 g/mol. The van der Waals surface area contributed by atoms with Crippen molar-refractivity contribution in [1.29, 1.82) is 0 Å². The third kappa shape index (κ3) is 3.24. The van der Waals surface area contributed by atoms with E-state index >= 15 is 0 Å². The normalized spacial score (nSPS) is 13.0. The van der Waals surface area contributed by atoms with Gasteiger partial charge in [-0.15, -0.1) is 0 Å². The molecule has 0 radical (unpaired) electrons. The van der Waals surface area contributed by atoms with Crippen LogP contribution in [0, 0.1) is 0 Å². The maximum absolute atomic E-state index is 2.48.